The van der Waals surface area contributed by atoms with Crippen LogP contribution in [0.2, 0.25) is 0 Å². The van der Waals surface area contributed by atoms with Gasteiger partial charge in [0.2, 0.25) is 9.84 Å². The van der Waals surface area contributed by atoms with Gasteiger partial charge in [-0.05, 0) is 36.8 Å². The van der Waals surface area contributed by atoms with E-state index in [0.717, 1.165) is 0 Å². The topological polar surface area (TPSA) is 86.2 Å². The van der Waals surface area contributed by atoms with Crippen molar-refractivity contribution in [2.75, 3.05) is 11.5 Å². The van der Waals surface area contributed by atoms with Gasteiger partial charge in [0.05, 0.1) is 15.5 Å². The zero-order valence-corrected chi connectivity index (χ0v) is 10.7. The summed E-state index contributed by atoms with van der Waals surface area (Å²) in [5.41, 5.74) is 12.7. The summed E-state index contributed by atoms with van der Waals surface area (Å²) >= 11 is 0. The first-order chi connectivity index (χ1) is 8.43. The lowest BCUT2D eigenvalue weighted by Crippen LogP contribution is -2.07. The Hall–Kier alpha value is -2.01. The van der Waals surface area contributed by atoms with Crippen LogP contribution in [-0.4, -0.2) is 8.42 Å². The minimum atomic E-state index is -3.63. The molecule has 2 rings (SSSR count). The highest BCUT2D eigenvalue weighted by molar-refractivity contribution is 7.91. The number of sulfone groups is 1. The summed E-state index contributed by atoms with van der Waals surface area (Å²) in [6, 6.07) is 11.2. The van der Waals surface area contributed by atoms with E-state index in [1.54, 1.807) is 37.3 Å². The highest BCUT2D eigenvalue weighted by atomic mass is 32.2. The van der Waals surface area contributed by atoms with Gasteiger partial charge < -0.3 is 11.5 Å². The quantitative estimate of drug-likeness (QED) is 0.810. The van der Waals surface area contributed by atoms with Crippen LogP contribution in [0.15, 0.2) is 52.3 Å². The summed E-state index contributed by atoms with van der Waals surface area (Å²) in [5.74, 6) is 0. The molecule has 2 aromatic carbocycles. The molecule has 0 aromatic heterocycles. The van der Waals surface area contributed by atoms with Crippen LogP contribution < -0.4 is 11.5 Å². The van der Waals surface area contributed by atoms with Crippen molar-refractivity contribution in [2.24, 2.45) is 0 Å². The number of aryl methyl sites for hydroxylation is 1. The third kappa shape index (κ3) is 2.04. The van der Waals surface area contributed by atoms with Crippen molar-refractivity contribution in [3.8, 4) is 0 Å². The molecule has 4 nitrogen and oxygen atoms in total. The first-order valence-corrected chi connectivity index (χ1v) is 6.87. The molecular formula is C13H14N2O2S. The number of anilines is 2. The average molecular weight is 262 g/mol. The number of hydrogen-bond donors (Lipinski definition) is 2. The predicted molar refractivity (Wildman–Crippen MR) is 71.9 cm³/mol. The van der Waals surface area contributed by atoms with Crippen molar-refractivity contribution in [2.45, 2.75) is 16.7 Å². The summed E-state index contributed by atoms with van der Waals surface area (Å²) in [7, 11) is -3.63. The molecule has 0 saturated heterocycles. The zero-order valence-electron chi connectivity index (χ0n) is 9.92. The standard InChI is InChI=1S/C13H14N2O2S/c1-9-6-7-10(14)8-13(9)18(16,17)12-5-3-2-4-11(12)15/h2-8H,14-15H2,1H3. The molecule has 0 aliphatic rings. The lowest BCUT2D eigenvalue weighted by molar-refractivity contribution is 0.596. The highest BCUT2D eigenvalue weighted by Crippen LogP contribution is 2.28. The minimum absolute atomic E-state index is 0.110. The Kier molecular flexibility index (Phi) is 3.00. The second-order valence-corrected chi connectivity index (χ2v) is 5.95. The van der Waals surface area contributed by atoms with Gasteiger partial charge in [0.15, 0.2) is 0 Å². The molecule has 94 valence electrons. The van der Waals surface area contributed by atoms with Crippen LogP contribution in [-0.2, 0) is 9.84 Å². The lowest BCUT2D eigenvalue weighted by atomic mass is 10.2. The van der Waals surface area contributed by atoms with E-state index in [0.29, 0.717) is 11.3 Å². The number of benzene rings is 2. The molecule has 0 spiro atoms. The van der Waals surface area contributed by atoms with Gasteiger partial charge in [-0.15, -0.1) is 0 Å². The van der Waals surface area contributed by atoms with Crippen LogP contribution in [0.1, 0.15) is 5.56 Å². The summed E-state index contributed by atoms with van der Waals surface area (Å²) < 4.78 is 25.0. The second kappa shape index (κ2) is 4.34. The van der Waals surface area contributed by atoms with E-state index in [1.165, 1.54) is 12.1 Å². The maximum Gasteiger partial charge on any atom is 0.208 e. The first kappa shape index (κ1) is 12.4. The number of rotatable bonds is 2. The van der Waals surface area contributed by atoms with Crippen molar-refractivity contribution in [3.05, 3.63) is 48.0 Å². The van der Waals surface area contributed by atoms with Gasteiger partial charge in [-0.1, -0.05) is 18.2 Å². The molecule has 0 unspecified atom stereocenters. The molecule has 2 aromatic rings. The Bertz CT molecular complexity index is 694. The van der Waals surface area contributed by atoms with Crippen molar-refractivity contribution in [1.82, 2.24) is 0 Å². The minimum Gasteiger partial charge on any atom is -0.399 e. The van der Waals surface area contributed by atoms with Gasteiger partial charge in [0, 0.05) is 5.69 Å². The first-order valence-electron chi connectivity index (χ1n) is 5.38. The fourth-order valence-corrected chi connectivity index (χ4v) is 3.41. The SMILES string of the molecule is Cc1ccc(N)cc1S(=O)(=O)c1ccccc1N. The van der Waals surface area contributed by atoms with Crippen LogP contribution >= 0.6 is 0 Å². The van der Waals surface area contributed by atoms with Crippen molar-refractivity contribution >= 4 is 21.2 Å². The van der Waals surface area contributed by atoms with Gasteiger partial charge in [0.25, 0.3) is 0 Å². The number of nitrogen functional groups attached to an aromatic ring is 2. The maximum absolute atomic E-state index is 12.5. The largest absolute Gasteiger partial charge is 0.399 e. The van der Waals surface area contributed by atoms with E-state index in [2.05, 4.69) is 0 Å². The highest BCUT2D eigenvalue weighted by Gasteiger charge is 2.22. The molecule has 0 aliphatic heterocycles. The lowest BCUT2D eigenvalue weighted by Gasteiger charge is -2.10. The van der Waals surface area contributed by atoms with Crippen LogP contribution in [0.5, 0.6) is 0 Å². The Labute approximate surface area is 106 Å². The zero-order chi connectivity index (χ0) is 13.3. The molecule has 0 fully saturated rings. The molecular weight excluding hydrogens is 248 g/mol. The molecule has 0 aliphatic carbocycles. The normalized spacial score (nSPS) is 11.4. The third-order valence-corrected chi connectivity index (χ3v) is 4.68. The molecule has 0 radical (unpaired) electrons. The fourth-order valence-electron chi connectivity index (χ4n) is 1.75. The summed E-state index contributed by atoms with van der Waals surface area (Å²) in [6.07, 6.45) is 0. The van der Waals surface area contributed by atoms with Gasteiger partial charge >= 0.3 is 0 Å². The molecule has 4 N–H and O–H groups in total. The van der Waals surface area contributed by atoms with Gasteiger partial charge in [0.1, 0.15) is 0 Å². The van der Waals surface area contributed by atoms with E-state index in [4.69, 9.17) is 11.5 Å². The van der Waals surface area contributed by atoms with Crippen molar-refractivity contribution in [3.63, 3.8) is 0 Å². The van der Waals surface area contributed by atoms with Gasteiger partial charge in [-0.25, -0.2) is 8.42 Å². The molecule has 0 heterocycles. The second-order valence-electron chi connectivity index (χ2n) is 4.07. The van der Waals surface area contributed by atoms with Gasteiger partial charge in [-0.2, -0.15) is 0 Å². The summed E-state index contributed by atoms with van der Waals surface area (Å²) in [5, 5.41) is 0. The number of para-hydroxylation sites is 1. The molecule has 0 atom stereocenters. The summed E-state index contributed by atoms with van der Waals surface area (Å²) in [4.78, 5) is 0.305. The Balaban J connectivity index is 2.70. The van der Waals surface area contributed by atoms with Crippen LogP contribution in [0.3, 0.4) is 0 Å². The van der Waals surface area contributed by atoms with E-state index >= 15 is 0 Å². The molecule has 0 bridgehead atoms. The molecule has 0 amide bonds. The smallest absolute Gasteiger partial charge is 0.208 e. The average Bonchev–Trinajstić information content (AvgIpc) is 2.32. The van der Waals surface area contributed by atoms with Crippen LogP contribution in [0.25, 0.3) is 0 Å². The Morgan fingerprint density at radius 1 is 0.944 bits per heavy atom. The molecule has 5 heteroatoms. The Morgan fingerprint density at radius 2 is 1.61 bits per heavy atom. The van der Waals surface area contributed by atoms with E-state index in [1.807, 2.05) is 0 Å². The van der Waals surface area contributed by atoms with Gasteiger partial charge in [-0.3, -0.25) is 0 Å². The van der Waals surface area contributed by atoms with E-state index in [9.17, 15) is 8.42 Å². The predicted octanol–water partition coefficient (Wildman–Crippen LogP) is 1.99. The van der Waals surface area contributed by atoms with Crippen LogP contribution in [0, 0.1) is 6.92 Å². The van der Waals surface area contributed by atoms with Crippen molar-refractivity contribution < 1.29 is 8.42 Å². The molecule has 0 saturated carbocycles. The summed E-state index contributed by atoms with van der Waals surface area (Å²) in [6.45, 7) is 1.73. The molecule has 18 heavy (non-hydrogen) atoms. The van der Waals surface area contributed by atoms with Crippen molar-refractivity contribution in [1.29, 1.82) is 0 Å². The number of nitrogens with two attached hydrogens (primary N) is 2. The third-order valence-electron chi connectivity index (χ3n) is 2.71. The van der Waals surface area contributed by atoms with E-state index < -0.39 is 9.84 Å². The monoisotopic (exact) mass is 262 g/mol. The van der Waals surface area contributed by atoms with E-state index in [-0.39, 0.29) is 15.5 Å². The Morgan fingerprint density at radius 3 is 2.28 bits per heavy atom. The number of hydrogen-bond acceptors (Lipinski definition) is 4. The maximum atomic E-state index is 12.5. The van der Waals surface area contributed by atoms with Crippen LogP contribution in [0.4, 0.5) is 11.4 Å². The fraction of sp³-hybridized carbons (Fsp3) is 0.0769.